The summed E-state index contributed by atoms with van der Waals surface area (Å²) in [5.41, 5.74) is 5.89. The number of nitrogens with one attached hydrogen (secondary N) is 3. The van der Waals surface area contributed by atoms with Gasteiger partial charge in [-0.25, -0.2) is 0 Å². The first-order valence-corrected chi connectivity index (χ1v) is 10.1. The average Bonchev–Trinajstić information content (AvgIpc) is 2.75. The minimum absolute atomic E-state index is 0.219. The van der Waals surface area contributed by atoms with Crippen LogP contribution in [0.3, 0.4) is 0 Å². The van der Waals surface area contributed by atoms with Crippen LogP contribution in [0.25, 0.3) is 0 Å². The first kappa shape index (κ1) is 23.7. The van der Waals surface area contributed by atoms with E-state index in [1.54, 1.807) is 44.2 Å². The molecule has 0 aliphatic rings. The molecule has 0 aromatic heterocycles. The molecule has 166 valence electrons. The van der Waals surface area contributed by atoms with E-state index in [-0.39, 0.29) is 12.5 Å². The summed E-state index contributed by atoms with van der Waals surface area (Å²) in [6.45, 7) is 7.43. The van der Waals surface area contributed by atoms with Crippen molar-refractivity contribution in [3.05, 3.63) is 59.7 Å². The molecule has 3 N–H and O–H groups in total. The monoisotopic (exact) mass is 427 g/mol. The quantitative estimate of drug-likeness (QED) is 0.533. The second kappa shape index (κ2) is 11.6. The Hall–Kier alpha value is -3.55. The van der Waals surface area contributed by atoms with Gasteiger partial charge in [0.25, 0.3) is 17.7 Å². The van der Waals surface area contributed by atoms with E-state index in [1.165, 1.54) is 0 Å². The molecule has 8 nitrogen and oxygen atoms in total. The molecular formula is C23H29N3O5. The Morgan fingerprint density at radius 2 is 1.55 bits per heavy atom. The molecule has 2 aromatic rings. The van der Waals surface area contributed by atoms with E-state index in [2.05, 4.69) is 16.2 Å². The molecule has 0 radical (unpaired) electrons. The van der Waals surface area contributed by atoms with Crippen molar-refractivity contribution >= 4 is 17.7 Å². The summed E-state index contributed by atoms with van der Waals surface area (Å²) in [7, 11) is 0. The Balaban J connectivity index is 1.92. The molecule has 0 aliphatic carbocycles. The van der Waals surface area contributed by atoms with Gasteiger partial charge in [0, 0.05) is 0 Å². The van der Waals surface area contributed by atoms with E-state index in [0.717, 1.165) is 5.56 Å². The van der Waals surface area contributed by atoms with Gasteiger partial charge >= 0.3 is 0 Å². The molecule has 3 amide bonds. The van der Waals surface area contributed by atoms with Gasteiger partial charge < -0.3 is 14.8 Å². The molecule has 0 unspecified atom stereocenters. The SMILES string of the molecule is CCOc1ccccc1C(=O)N[C@H](C(=O)NNC(=O)COc1ccccc1C)C(C)C. The summed E-state index contributed by atoms with van der Waals surface area (Å²) in [4.78, 5) is 37.3. The minimum Gasteiger partial charge on any atom is -0.493 e. The van der Waals surface area contributed by atoms with Crippen LogP contribution in [0.5, 0.6) is 11.5 Å². The lowest BCUT2D eigenvalue weighted by Crippen LogP contribution is -2.55. The van der Waals surface area contributed by atoms with Crippen molar-refractivity contribution < 1.29 is 23.9 Å². The van der Waals surface area contributed by atoms with E-state index in [1.807, 2.05) is 32.0 Å². The number of amides is 3. The summed E-state index contributed by atoms with van der Waals surface area (Å²) in [6.07, 6.45) is 0. The van der Waals surface area contributed by atoms with Crippen LogP contribution in [0.15, 0.2) is 48.5 Å². The first-order valence-electron chi connectivity index (χ1n) is 10.1. The van der Waals surface area contributed by atoms with Gasteiger partial charge in [0.2, 0.25) is 0 Å². The molecule has 8 heteroatoms. The highest BCUT2D eigenvalue weighted by atomic mass is 16.5. The van der Waals surface area contributed by atoms with Crippen molar-refractivity contribution in [2.45, 2.75) is 33.7 Å². The molecule has 0 aliphatic heterocycles. The summed E-state index contributed by atoms with van der Waals surface area (Å²) in [5.74, 6) is -0.694. The van der Waals surface area contributed by atoms with Gasteiger partial charge in [0.15, 0.2) is 6.61 Å². The molecule has 0 spiro atoms. The third-order valence-corrected chi connectivity index (χ3v) is 4.44. The Morgan fingerprint density at radius 3 is 2.19 bits per heavy atom. The van der Waals surface area contributed by atoms with Crippen LogP contribution in [0.4, 0.5) is 0 Å². The summed E-state index contributed by atoms with van der Waals surface area (Å²) >= 11 is 0. The summed E-state index contributed by atoms with van der Waals surface area (Å²) in [5, 5.41) is 2.71. The Bertz CT molecular complexity index is 914. The molecule has 1 atom stereocenters. The highest BCUT2D eigenvalue weighted by Crippen LogP contribution is 2.18. The van der Waals surface area contributed by atoms with E-state index in [0.29, 0.717) is 23.7 Å². The fourth-order valence-corrected chi connectivity index (χ4v) is 2.80. The van der Waals surface area contributed by atoms with E-state index in [4.69, 9.17) is 9.47 Å². The van der Waals surface area contributed by atoms with Crippen molar-refractivity contribution in [3.63, 3.8) is 0 Å². The fourth-order valence-electron chi connectivity index (χ4n) is 2.80. The summed E-state index contributed by atoms with van der Waals surface area (Å²) < 4.78 is 10.9. The number of rotatable bonds is 9. The van der Waals surface area contributed by atoms with Gasteiger partial charge in [-0.2, -0.15) is 0 Å². The van der Waals surface area contributed by atoms with Crippen molar-refractivity contribution in [1.29, 1.82) is 0 Å². The molecule has 2 aromatic carbocycles. The lowest BCUT2D eigenvalue weighted by Gasteiger charge is -2.22. The predicted octanol–water partition coefficient (Wildman–Crippen LogP) is 2.37. The van der Waals surface area contributed by atoms with Crippen LogP contribution >= 0.6 is 0 Å². The Labute approximate surface area is 182 Å². The lowest BCUT2D eigenvalue weighted by atomic mass is 10.0. The van der Waals surface area contributed by atoms with Crippen LogP contribution in [-0.4, -0.2) is 37.0 Å². The number of aryl methyl sites for hydroxylation is 1. The molecule has 0 bridgehead atoms. The number of para-hydroxylation sites is 2. The van der Waals surface area contributed by atoms with Crippen molar-refractivity contribution in [2.75, 3.05) is 13.2 Å². The van der Waals surface area contributed by atoms with Crippen LogP contribution in [-0.2, 0) is 9.59 Å². The molecule has 0 saturated carbocycles. The third-order valence-electron chi connectivity index (χ3n) is 4.44. The number of carbonyl (C=O) groups excluding carboxylic acids is 3. The zero-order chi connectivity index (χ0) is 22.8. The maximum absolute atomic E-state index is 12.7. The maximum Gasteiger partial charge on any atom is 0.276 e. The second-order valence-electron chi connectivity index (χ2n) is 7.22. The van der Waals surface area contributed by atoms with Gasteiger partial charge in [-0.05, 0) is 43.5 Å². The number of hydrazine groups is 1. The highest BCUT2D eigenvalue weighted by Gasteiger charge is 2.26. The molecule has 2 rings (SSSR count). The minimum atomic E-state index is -0.861. The number of hydrogen-bond acceptors (Lipinski definition) is 5. The van der Waals surface area contributed by atoms with E-state index >= 15 is 0 Å². The second-order valence-corrected chi connectivity index (χ2v) is 7.22. The summed E-state index contributed by atoms with van der Waals surface area (Å²) in [6, 6.07) is 13.2. The zero-order valence-corrected chi connectivity index (χ0v) is 18.2. The highest BCUT2D eigenvalue weighted by molar-refractivity contribution is 5.99. The smallest absolute Gasteiger partial charge is 0.276 e. The maximum atomic E-state index is 12.7. The molecule has 0 heterocycles. The van der Waals surface area contributed by atoms with Gasteiger partial charge in [-0.3, -0.25) is 25.2 Å². The van der Waals surface area contributed by atoms with Gasteiger partial charge in [-0.15, -0.1) is 0 Å². The number of hydrogen-bond donors (Lipinski definition) is 3. The molecule has 31 heavy (non-hydrogen) atoms. The van der Waals surface area contributed by atoms with Crippen LogP contribution in [0.1, 0.15) is 36.7 Å². The number of ether oxygens (including phenoxy) is 2. The van der Waals surface area contributed by atoms with Gasteiger partial charge in [0.05, 0.1) is 12.2 Å². The van der Waals surface area contributed by atoms with E-state index in [9.17, 15) is 14.4 Å². The van der Waals surface area contributed by atoms with Gasteiger partial charge in [-0.1, -0.05) is 44.2 Å². The normalized spacial score (nSPS) is 11.4. The zero-order valence-electron chi connectivity index (χ0n) is 18.2. The largest absolute Gasteiger partial charge is 0.493 e. The third kappa shape index (κ3) is 7.02. The van der Waals surface area contributed by atoms with Crippen LogP contribution in [0, 0.1) is 12.8 Å². The Kier molecular flexibility index (Phi) is 8.87. The topological polar surface area (TPSA) is 106 Å². The predicted molar refractivity (Wildman–Crippen MR) is 117 cm³/mol. The molecular weight excluding hydrogens is 398 g/mol. The molecule has 0 saturated heterocycles. The first-order chi connectivity index (χ1) is 14.8. The fraction of sp³-hybridized carbons (Fsp3) is 0.348. The Morgan fingerprint density at radius 1 is 0.903 bits per heavy atom. The standard InChI is InChI=1S/C23H29N3O5/c1-5-30-19-13-9-7-11-17(19)22(28)24-21(15(2)3)23(29)26-25-20(27)14-31-18-12-8-6-10-16(18)4/h6-13,15,21H,5,14H2,1-4H3,(H,24,28)(H,25,27)(H,26,29)/t21-/m0/s1. The number of carbonyl (C=O) groups is 3. The van der Waals surface area contributed by atoms with Crippen LogP contribution in [0.2, 0.25) is 0 Å². The number of benzene rings is 2. The average molecular weight is 428 g/mol. The van der Waals surface area contributed by atoms with Crippen molar-refractivity contribution in [1.82, 2.24) is 16.2 Å². The van der Waals surface area contributed by atoms with E-state index < -0.39 is 23.8 Å². The van der Waals surface area contributed by atoms with Gasteiger partial charge in [0.1, 0.15) is 17.5 Å². The van der Waals surface area contributed by atoms with Crippen molar-refractivity contribution in [3.8, 4) is 11.5 Å². The van der Waals surface area contributed by atoms with Crippen molar-refractivity contribution in [2.24, 2.45) is 5.92 Å². The van der Waals surface area contributed by atoms with Crippen LogP contribution < -0.4 is 25.6 Å². The lowest BCUT2D eigenvalue weighted by molar-refractivity contribution is -0.131. The molecule has 0 fully saturated rings.